The maximum absolute atomic E-state index is 10.9. The Bertz CT molecular complexity index is 303. The molecule has 0 aromatic carbocycles. The molecule has 4 nitrogen and oxygen atoms in total. The Morgan fingerprint density at radius 2 is 2.30 bits per heavy atom. The zero-order chi connectivity index (χ0) is 7.56. The van der Waals surface area contributed by atoms with E-state index in [-0.39, 0.29) is 5.56 Å². The van der Waals surface area contributed by atoms with E-state index in [1.165, 1.54) is 6.20 Å². The van der Waals surface area contributed by atoms with Crippen LogP contribution in [0.5, 0.6) is 0 Å². The zero-order valence-electron chi connectivity index (χ0n) is 5.44. The minimum absolute atomic E-state index is 0.363. The fourth-order valence-electron chi connectivity index (χ4n) is 0.653. The lowest BCUT2D eigenvalue weighted by Gasteiger charge is -1.91. The first-order valence-corrected chi connectivity index (χ1v) is 2.77. The molecular formula is C6H6N2O2. The lowest BCUT2D eigenvalue weighted by molar-refractivity contribution is 0.808. The summed E-state index contributed by atoms with van der Waals surface area (Å²) in [4.78, 5) is 20.8. The maximum Gasteiger partial charge on any atom is 0.276 e. The van der Waals surface area contributed by atoms with Crippen molar-refractivity contribution in [3.63, 3.8) is 0 Å². The maximum atomic E-state index is 10.9. The van der Waals surface area contributed by atoms with Gasteiger partial charge in [-0.2, -0.15) is 4.68 Å². The molecule has 0 atom stereocenters. The Kier molecular flexibility index (Phi) is 1.62. The van der Waals surface area contributed by atoms with Gasteiger partial charge < -0.3 is 0 Å². The molecule has 0 N–H and O–H groups in total. The molecule has 0 aliphatic carbocycles. The third kappa shape index (κ3) is 0.953. The summed E-state index contributed by atoms with van der Waals surface area (Å²) >= 11 is 0. The van der Waals surface area contributed by atoms with E-state index in [1.54, 1.807) is 19.1 Å². The first kappa shape index (κ1) is 6.67. The second kappa shape index (κ2) is 2.43. The Balaban J connectivity index is 3.42. The first-order valence-electron chi connectivity index (χ1n) is 2.77. The van der Waals surface area contributed by atoms with Crippen molar-refractivity contribution >= 4 is 0 Å². The second-order valence-corrected chi connectivity index (χ2v) is 1.92. The van der Waals surface area contributed by atoms with Crippen LogP contribution in [0.25, 0.3) is 0 Å². The zero-order valence-corrected chi connectivity index (χ0v) is 5.44. The van der Waals surface area contributed by atoms with Gasteiger partial charge in [-0.3, -0.25) is 4.79 Å². The van der Waals surface area contributed by atoms with Gasteiger partial charge in [0.1, 0.15) is 0 Å². The molecule has 0 spiro atoms. The van der Waals surface area contributed by atoms with Crippen molar-refractivity contribution in [2.75, 3.05) is 0 Å². The first-order chi connectivity index (χ1) is 4.75. The van der Waals surface area contributed by atoms with Crippen molar-refractivity contribution in [1.82, 2.24) is 4.68 Å². The van der Waals surface area contributed by atoms with Crippen molar-refractivity contribution in [2.45, 2.75) is 6.92 Å². The fraction of sp³-hybridized carbons (Fsp3) is 0.167. The summed E-state index contributed by atoms with van der Waals surface area (Å²) in [5.41, 5.74) is 0.152. The molecule has 0 aliphatic heterocycles. The highest BCUT2D eigenvalue weighted by molar-refractivity contribution is 5.07. The monoisotopic (exact) mass is 138 g/mol. The number of hydrogen-bond donors (Lipinski definition) is 0. The minimum atomic E-state index is -0.363. The SMILES string of the molecule is Cc1cccn(N=O)c1=O. The third-order valence-corrected chi connectivity index (χ3v) is 1.21. The van der Waals surface area contributed by atoms with Crippen molar-refractivity contribution in [1.29, 1.82) is 0 Å². The van der Waals surface area contributed by atoms with Gasteiger partial charge in [-0.1, -0.05) is 6.07 Å². The van der Waals surface area contributed by atoms with Gasteiger partial charge in [0, 0.05) is 11.8 Å². The molecule has 0 unspecified atom stereocenters. The van der Waals surface area contributed by atoms with Gasteiger partial charge in [-0.05, 0) is 13.0 Å². The normalized spacial score (nSPS) is 9.30. The molecule has 0 fully saturated rings. The van der Waals surface area contributed by atoms with Crippen LogP contribution in [0.3, 0.4) is 0 Å². The van der Waals surface area contributed by atoms with Crippen LogP contribution in [0.2, 0.25) is 0 Å². The summed E-state index contributed by atoms with van der Waals surface area (Å²) in [5, 5.41) is 2.49. The second-order valence-electron chi connectivity index (χ2n) is 1.92. The minimum Gasteiger partial charge on any atom is -0.267 e. The predicted molar refractivity (Wildman–Crippen MR) is 36.6 cm³/mol. The summed E-state index contributed by atoms with van der Waals surface area (Å²) in [7, 11) is 0. The number of aryl methyl sites for hydroxylation is 1. The van der Waals surface area contributed by atoms with Crippen LogP contribution in [0.4, 0.5) is 0 Å². The number of nitrogens with zero attached hydrogens (tertiary/aromatic N) is 2. The Morgan fingerprint density at radius 3 is 2.80 bits per heavy atom. The highest BCUT2D eigenvalue weighted by atomic mass is 16.3. The van der Waals surface area contributed by atoms with Crippen LogP contribution < -0.4 is 5.56 Å². The molecule has 1 heterocycles. The Hall–Kier alpha value is -1.45. The lowest BCUT2D eigenvalue weighted by Crippen LogP contribution is -2.16. The van der Waals surface area contributed by atoms with Crippen LogP contribution in [0.15, 0.2) is 28.4 Å². The molecule has 52 valence electrons. The quantitative estimate of drug-likeness (QED) is 0.536. The molecule has 1 aromatic rings. The van der Waals surface area contributed by atoms with Gasteiger partial charge in [0.2, 0.25) is 0 Å². The van der Waals surface area contributed by atoms with Gasteiger partial charge >= 0.3 is 0 Å². The van der Waals surface area contributed by atoms with Crippen molar-refractivity contribution < 1.29 is 0 Å². The molecular weight excluding hydrogens is 132 g/mol. The predicted octanol–water partition coefficient (Wildman–Crippen LogP) is 0.686. The molecule has 0 saturated carbocycles. The Morgan fingerprint density at radius 1 is 1.60 bits per heavy atom. The van der Waals surface area contributed by atoms with E-state index < -0.39 is 0 Å². The summed E-state index contributed by atoms with van der Waals surface area (Å²) < 4.78 is 0.759. The number of nitroso groups, excluding NO2 is 1. The summed E-state index contributed by atoms with van der Waals surface area (Å²) in [6.07, 6.45) is 1.32. The van der Waals surface area contributed by atoms with Crippen LogP contribution in [0, 0.1) is 11.8 Å². The highest BCUT2D eigenvalue weighted by Gasteiger charge is 1.94. The molecule has 1 aromatic heterocycles. The van der Waals surface area contributed by atoms with E-state index in [0.29, 0.717) is 5.56 Å². The summed E-state index contributed by atoms with van der Waals surface area (Å²) in [5.74, 6) is 0. The van der Waals surface area contributed by atoms with Gasteiger partial charge in [0.05, 0.1) is 5.29 Å². The largest absolute Gasteiger partial charge is 0.276 e. The van der Waals surface area contributed by atoms with E-state index in [2.05, 4.69) is 5.29 Å². The summed E-state index contributed by atoms with van der Waals surface area (Å²) in [6, 6.07) is 3.22. The van der Waals surface area contributed by atoms with E-state index in [0.717, 1.165) is 4.68 Å². The molecule has 10 heavy (non-hydrogen) atoms. The number of pyridine rings is 1. The Labute approximate surface area is 57.1 Å². The fourth-order valence-corrected chi connectivity index (χ4v) is 0.653. The van der Waals surface area contributed by atoms with E-state index in [9.17, 15) is 9.70 Å². The van der Waals surface area contributed by atoms with E-state index in [1.807, 2.05) is 0 Å². The third-order valence-electron chi connectivity index (χ3n) is 1.21. The van der Waals surface area contributed by atoms with Crippen LogP contribution in [-0.2, 0) is 0 Å². The molecule has 0 radical (unpaired) electrons. The van der Waals surface area contributed by atoms with Crippen molar-refractivity contribution in [3.05, 3.63) is 39.2 Å². The lowest BCUT2D eigenvalue weighted by atomic mass is 10.3. The standard InChI is InChI=1S/C6H6N2O2/c1-5-3-2-4-8(7-10)6(5)9/h2-4H,1H3. The topological polar surface area (TPSA) is 51.4 Å². The highest BCUT2D eigenvalue weighted by Crippen LogP contribution is 1.86. The summed E-state index contributed by atoms with van der Waals surface area (Å²) in [6.45, 7) is 1.63. The van der Waals surface area contributed by atoms with Gasteiger partial charge in [-0.15, -0.1) is 4.91 Å². The van der Waals surface area contributed by atoms with Gasteiger partial charge in [-0.25, -0.2) is 0 Å². The van der Waals surface area contributed by atoms with E-state index in [4.69, 9.17) is 0 Å². The molecule has 0 saturated heterocycles. The van der Waals surface area contributed by atoms with Crippen LogP contribution in [-0.4, -0.2) is 4.68 Å². The molecule has 1 rings (SSSR count). The van der Waals surface area contributed by atoms with E-state index >= 15 is 0 Å². The average Bonchev–Trinajstić information content (AvgIpc) is 1.95. The average molecular weight is 138 g/mol. The smallest absolute Gasteiger partial charge is 0.267 e. The number of aromatic nitrogens is 1. The number of rotatable bonds is 1. The molecule has 0 bridgehead atoms. The van der Waals surface area contributed by atoms with Gasteiger partial charge in [0.25, 0.3) is 5.56 Å². The molecule has 0 aliphatic rings. The van der Waals surface area contributed by atoms with Gasteiger partial charge in [0.15, 0.2) is 0 Å². The number of hydrogen-bond acceptors (Lipinski definition) is 3. The van der Waals surface area contributed by atoms with Crippen LogP contribution in [0.1, 0.15) is 5.56 Å². The van der Waals surface area contributed by atoms with Crippen LogP contribution >= 0.6 is 0 Å². The van der Waals surface area contributed by atoms with Crippen molar-refractivity contribution in [2.24, 2.45) is 5.29 Å². The van der Waals surface area contributed by atoms with Crippen molar-refractivity contribution in [3.8, 4) is 0 Å². The molecule has 0 amide bonds. The molecule has 4 heteroatoms.